The molecule has 1 fully saturated rings. The zero-order valence-corrected chi connectivity index (χ0v) is 20.4. The van der Waals surface area contributed by atoms with Gasteiger partial charge in [-0.3, -0.25) is 0 Å². The number of hydrogen-bond donors (Lipinski definition) is 4. The number of halogens is 1. The molecule has 5 N–H and O–H groups in total. The number of anilines is 4. The summed E-state index contributed by atoms with van der Waals surface area (Å²) in [6.45, 7) is 3.83. The van der Waals surface area contributed by atoms with Crippen molar-refractivity contribution in [2.75, 3.05) is 36.8 Å². The maximum absolute atomic E-state index is 13.5. The van der Waals surface area contributed by atoms with Crippen molar-refractivity contribution in [1.82, 2.24) is 19.6 Å². The van der Waals surface area contributed by atoms with Crippen molar-refractivity contribution in [1.29, 1.82) is 0 Å². The summed E-state index contributed by atoms with van der Waals surface area (Å²) in [5.74, 6) is 0.601. The lowest BCUT2D eigenvalue weighted by atomic mass is 10.1. The molecule has 0 aliphatic carbocycles. The van der Waals surface area contributed by atoms with E-state index in [4.69, 9.17) is 5.73 Å². The van der Waals surface area contributed by atoms with Gasteiger partial charge in [-0.15, -0.1) is 0 Å². The van der Waals surface area contributed by atoms with E-state index < -0.39 is 10.0 Å². The fraction of sp³-hybridized carbons (Fsp3) is 0.333. The standard InChI is InChI=1S/C24H30FN7O2S/c1-17-16-19(4-7-22(17)25)29-23-10-14-28-24(31-23)30-18-2-5-21(6-3-18)35(33,34)32(15-11-26)20-8-12-27-13-9-20/h2-7,10,14,16,20,27H,8-9,11-13,15,26H2,1H3,(H2,28,29,30,31). The van der Waals surface area contributed by atoms with E-state index in [-0.39, 0.29) is 29.8 Å². The van der Waals surface area contributed by atoms with Gasteiger partial charge < -0.3 is 21.7 Å². The molecule has 1 aromatic heterocycles. The van der Waals surface area contributed by atoms with Crippen LogP contribution >= 0.6 is 0 Å². The topological polar surface area (TPSA) is 125 Å². The molecule has 0 atom stereocenters. The smallest absolute Gasteiger partial charge is 0.243 e. The fourth-order valence-corrected chi connectivity index (χ4v) is 5.75. The Kier molecular flexibility index (Phi) is 7.91. The average molecular weight is 500 g/mol. The second-order valence-electron chi connectivity index (χ2n) is 8.39. The minimum Gasteiger partial charge on any atom is -0.340 e. The number of nitrogens with one attached hydrogen (secondary N) is 3. The molecule has 0 bridgehead atoms. The van der Waals surface area contributed by atoms with Gasteiger partial charge in [0, 0.05) is 36.7 Å². The monoisotopic (exact) mass is 499 g/mol. The minimum atomic E-state index is -3.67. The predicted octanol–water partition coefficient (Wildman–Crippen LogP) is 3.11. The Morgan fingerprint density at radius 1 is 1.09 bits per heavy atom. The summed E-state index contributed by atoms with van der Waals surface area (Å²) in [4.78, 5) is 8.87. The van der Waals surface area contributed by atoms with Gasteiger partial charge in [0.1, 0.15) is 11.6 Å². The zero-order valence-electron chi connectivity index (χ0n) is 19.5. The maximum atomic E-state index is 13.5. The van der Waals surface area contributed by atoms with Gasteiger partial charge in [0.05, 0.1) is 4.90 Å². The predicted molar refractivity (Wildman–Crippen MR) is 135 cm³/mol. The Balaban J connectivity index is 1.47. The van der Waals surface area contributed by atoms with Crippen LogP contribution in [0.5, 0.6) is 0 Å². The molecule has 1 aliphatic rings. The SMILES string of the molecule is Cc1cc(Nc2ccnc(Nc3ccc(S(=O)(=O)N(CCN)C4CCNCC4)cc3)n2)ccc1F. The highest BCUT2D eigenvalue weighted by atomic mass is 32.2. The van der Waals surface area contributed by atoms with E-state index in [1.807, 2.05) is 0 Å². The highest BCUT2D eigenvalue weighted by Gasteiger charge is 2.31. The van der Waals surface area contributed by atoms with Crippen LogP contribution < -0.4 is 21.7 Å². The number of nitrogens with zero attached hydrogens (tertiary/aromatic N) is 3. The van der Waals surface area contributed by atoms with Crippen molar-refractivity contribution in [2.45, 2.75) is 30.7 Å². The average Bonchev–Trinajstić information content (AvgIpc) is 2.86. The number of piperidine rings is 1. The summed E-state index contributed by atoms with van der Waals surface area (Å²) < 4.78 is 41.7. The second kappa shape index (κ2) is 11.1. The van der Waals surface area contributed by atoms with Crippen molar-refractivity contribution in [3.63, 3.8) is 0 Å². The normalized spacial score (nSPS) is 14.7. The third kappa shape index (κ3) is 6.12. The zero-order chi connectivity index (χ0) is 24.8. The van der Waals surface area contributed by atoms with Crippen LogP contribution in [0.1, 0.15) is 18.4 Å². The number of hydrogen-bond acceptors (Lipinski definition) is 8. The molecule has 9 nitrogen and oxygen atoms in total. The molecular weight excluding hydrogens is 469 g/mol. The molecule has 1 aliphatic heterocycles. The van der Waals surface area contributed by atoms with Crippen molar-refractivity contribution >= 4 is 33.2 Å². The van der Waals surface area contributed by atoms with Gasteiger partial charge in [-0.2, -0.15) is 9.29 Å². The lowest BCUT2D eigenvalue weighted by Crippen LogP contribution is -2.47. The molecule has 186 valence electrons. The van der Waals surface area contributed by atoms with E-state index in [1.165, 1.54) is 10.4 Å². The Labute approximate surface area is 205 Å². The number of nitrogens with two attached hydrogens (primary N) is 1. The molecule has 3 aromatic rings. The van der Waals surface area contributed by atoms with Crippen LogP contribution in [0.25, 0.3) is 0 Å². The third-order valence-corrected chi connectivity index (χ3v) is 7.83. The van der Waals surface area contributed by atoms with Crippen LogP contribution in [0.2, 0.25) is 0 Å². The Hall–Kier alpha value is -3.12. The Morgan fingerprint density at radius 3 is 2.49 bits per heavy atom. The molecule has 2 aromatic carbocycles. The van der Waals surface area contributed by atoms with Gasteiger partial charge in [0.25, 0.3) is 0 Å². The molecule has 1 saturated heterocycles. The van der Waals surface area contributed by atoms with Gasteiger partial charge in [0.15, 0.2) is 0 Å². The van der Waals surface area contributed by atoms with Crippen molar-refractivity contribution in [2.24, 2.45) is 5.73 Å². The van der Waals surface area contributed by atoms with Crippen LogP contribution in [0.15, 0.2) is 59.6 Å². The van der Waals surface area contributed by atoms with Crippen molar-refractivity contribution < 1.29 is 12.8 Å². The summed E-state index contributed by atoms with van der Waals surface area (Å²) in [5, 5.41) is 9.48. The molecule has 11 heteroatoms. The summed E-state index contributed by atoms with van der Waals surface area (Å²) >= 11 is 0. The molecule has 4 rings (SSSR count). The number of benzene rings is 2. The Morgan fingerprint density at radius 2 is 1.80 bits per heavy atom. The van der Waals surface area contributed by atoms with Crippen LogP contribution in [0.4, 0.5) is 27.5 Å². The minimum absolute atomic E-state index is 0.0591. The molecule has 0 spiro atoms. The molecule has 35 heavy (non-hydrogen) atoms. The van der Waals surface area contributed by atoms with Gasteiger partial charge in [-0.05, 0) is 86.9 Å². The fourth-order valence-electron chi connectivity index (χ4n) is 4.05. The molecule has 2 heterocycles. The van der Waals surface area contributed by atoms with Crippen LogP contribution in [0, 0.1) is 12.7 Å². The highest BCUT2D eigenvalue weighted by molar-refractivity contribution is 7.89. The van der Waals surface area contributed by atoms with Gasteiger partial charge in [0.2, 0.25) is 16.0 Å². The van der Waals surface area contributed by atoms with Crippen LogP contribution in [0.3, 0.4) is 0 Å². The van der Waals surface area contributed by atoms with E-state index in [0.717, 1.165) is 25.9 Å². The van der Waals surface area contributed by atoms with Crippen LogP contribution in [-0.4, -0.2) is 54.9 Å². The first-order chi connectivity index (χ1) is 16.9. The largest absolute Gasteiger partial charge is 0.340 e. The van der Waals surface area contributed by atoms with E-state index in [1.54, 1.807) is 55.6 Å². The third-order valence-electron chi connectivity index (χ3n) is 5.87. The first kappa shape index (κ1) is 25.0. The number of aryl methyl sites for hydroxylation is 1. The summed E-state index contributed by atoms with van der Waals surface area (Å²) in [6.07, 6.45) is 3.12. The van der Waals surface area contributed by atoms with Crippen molar-refractivity contribution in [3.8, 4) is 0 Å². The summed E-state index contributed by atoms with van der Waals surface area (Å²) in [5.41, 5.74) is 7.61. The molecule has 0 saturated carbocycles. The van der Waals surface area contributed by atoms with E-state index >= 15 is 0 Å². The summed E-state index contributed by atoms with van der Waals surface area (Å²) in [7, 11) is -3.67. The first-order valence-corrected chi connectivity index (χ1v) is 13.0. The van der Waals surface area contributed by atoms with Gasteiger partial charge >= 0.3 is 0 Å². The maximum Gasteiger partial charge on any atom is 0.243 e. The van der Waals surface area contributed by atoms with E-state index in [9.17, 15) is 12.8 Å². The first-order valence-electron chi connectivity index (χ1n) is 11.5. The van der Waals surface area contributed by atoms with E-state index in [2.05, 4.69) is 25.9 Å². The summed E-state index contributed by atoms with van der Waals surface area (Å²) in [6, 6.07) is 12.9. The number of rotatable bonds is 9. The van der Waals surface area contributed by atoms with Crippen LogP contribution in [-0.2, 0) is 10.0 Å². The molecule has 0 amide bonds. The number of aromatic nitrogens is 2. The molecule has 0 unspecified atom stereocenters. The Bertz CT molecular complexity index is 1250. The highest BCUT2D eigenvalue weighted by Crippen LogP contribution is 2.25. The molecular formula is C24H30FN7O2S. The van der Waals surface area contributed by atoms with Gasteiger partial charge in [-0.25, -0.2) is 17.8 Å². The second-order valence-corrected chi connectivity index (χ2v) is 10.3. The quantitative estimate of drug-likeness (QED) is 0.354. The molecule has 0 radical (unpaired) electrons. The van der Waals surface area contributed by atoms with E-state index in [0.29, 0.717) is 28.7 Å². The van der Waals surface area contributed by atoms with Gasteiger partial charge in [-0.1, -0.05) is 0 Å². The van der Waals surface area contributed by atoms with Crippen molar-refractivity contribution in [3.05, 3.63) is 66.1 Å². The number of sulfonamides is 1. The lowest BCUT2D eigenvalue weighted by molar-refractivity contribution is 0.266. The lowest BCUT2D eigenvalue weighted by Gasteiger charge is -2.33.